The second kappa shape index (κ2) is 7.85. The van der Waals surface area contributed by atoms with Gasteiger partial charge in [-0.15, -0.1) is 0 Å². The molecule has 0 bridgehead atoms. The lowest BCUT2D eigenvalue weighted by Crippen LogP contribution is -2.44. The van der Waals surface area contributed by atoms with Crippen molar-refractivity contribution in [1.29, 1.82) is 0 Å². The smallest absolute Gasteiger partial charge is 0.223 e. The fraction of sp³-hybridized carbons (Fsp3) is 0.650. The van der Waals surface area contributed by atoms with Crippen molar-refractivity contribution in [2.45, 2.75) is 37.5 Å². The van der Waals surface area contributed by atoms with Crippen LogP contribution in [-0.2, 0) is 9.53 Å². The molecule has 1 amide bonds. The minimum Gasteiger partial charge on any atom is -0.371 e. The lowest BCUT2D eigenvalue weighted by molar-refractivity contribution is -0.127. The van der Waals surface area contributed by atoms with Gasteiger partial charge in [-0.3, -0.25) is 9.69 Å². The molecule has 4 rings (SSSR count). The van der Waals surface area contributed by atoms with Gasteiger partial charge in [0.1, 0.15) is 0 Å². The number of nitrogens with one attached hydrogen (secondary N) is 1. The van der Waals surface area contributed by atoms with Crippen molar-refractivity contribution in [2.75, 3.05) is 39.8 Å². The van der Waals surface area contributed by atoms with Crippen LogP contribution in [0.4, 0.5) is 0 Å². The summed E-state index contributed by atoms with van der Waals surface area (Å²) in [6.45, 7) is 4.58. The number of fused-ring (bicyclic) bond motifs is 1. The lowest BCUT2D eigenvalue weighted by Gasteiger charge is -2.35. The fourth-order valence-electron chi connectivity index (χ4n) is 4.45. The number of carbonyl (C=O) groups is 1. The number of carbonyl (C=O) groups excluding carboxylic acids is 1. The molecule has 0 spiro atoms. The van der Waals surface area contributed by atoms with Crippen LogP contribution in [0.5, 0.6) is 0 Å². The molecule has 142 valence electrons. The van der Waals surface area contributed by atoms with Crippen LogP contribution in [0, 0.1) is 5.92 Å². The molecule has 5 nitrogen and oxygen atoms in total. The summed E-state index contributed by atoms with van der Waals surface area (Å²) in [4.78, 5) is 17.4. The van der Waals surface area contributed by atoms with E-state index < -0.39 is 0 Å². The number of ether oxygens (including phenoxy) is 1. The van der Waals surface area contributed by atoms with Gasteiger partial charge in [0.2, 0.25) is 5.91 Å². The van der Waals surface area contributed by atoms with Crippen molar-refractivity contribution < 1.29 is 9.53 Å². The summed E-state index contributed by atoms with van der Waals surface area (Å²) in [6.07, 6.45) is 3.03. The van der Waals surface area contributed by atoms with Gasteiger partial charge < -0.3 is 15.0 Å². The largest absolute Gasteiger partial charge is 0.371 e. The van der Waals surface area contributed by atoms with Crippen molar-refractivity contribution in [1.82, 2.24) is 15.1 Å². The molecule has 3 fully saturated rings. The zero-order valence-corrected chi connectivity index (χ0v) is 16.1. The third-order valence-corrected chi connectivity index (χ3v) is 6.35. The van der Waals surface area contributed by atoms with E-state index >= 15 is 0 Å². The van der Waals surface area contributed by atoms with E-state index in [9.17, 15) is 4.79 Å². The molecule has 3 heterocycles. The summed E-state index contributed by atoms with van der Waals surface area (Å²) in [5, 5.41) is 4.06. The van der Waals surface area contributed by atoms with E-state index in [1.807, 2.05) is 24.3 Å². The van der Waals surface area contributed by atoms with E-state index in [0.717, 1.165) is 57.1 Å². The number of morpholine rings is 1. The van der Waals surface area contributed by atoms with Crippen molar-refractivity contribution in [3.05, 3.63) is 34.9 Å². The molecule has 3 atom stereocenters. The molecule has 0 aromatic heterocycles. The maximum Gasteiger partial charge on any atom is 0.223 e. The molecule has 3 aliphatic heterocycles. The zero-order chi connectivity index (χ0) is 18.1. The van der Waals surface area contributed by atoms with Gasteiger partial charge in [0.05, 0.1) is 12.7 Å². The number of benzene rings is 1. The number of hydrogen-bond donors (Lipinski definition) is 1. The van der Waals surface area contributed by atoms with Crippen LogP contribution in [0.2, 0.25) is 5.02 Å². The first-order valence-electron chi connectivity index (χ1n) is 9.68. The molecule has 0 unspecified atom stereocenters. The first-order chi connectivity index (χ1) is 12.6. The molecule has 3 saturated heterocycles. The monoisotopic (exact) mass is 377 g/mol. The predicted molar refractivity (Wildman–Crippen MR) is 102 cm³/mol. The highest BCUT2D eigenvalue weighted by atomic mass is 35.5. The van der Waals surface area contributed by atoms with E-state index in [1.165, 1.54) is 5.56 Å². The Kier molecular flexibility index (Phi) is 5.50. The van der Waals surface area contributed by atoms with E-state index in [2.05, 4.69) is 22.2 Å². The Morgan fingerprint density at radius 1 is 1.19 bits per heavy atom. The molecule has 3 aliphatic rings. The summed E-state index contributed by atoms with van der Waals surface area (Å²) in [5.41, 5.74) is 1.17. The van der Waals surface area contributed by atoms with Crippen LogP contribution in [-0.4, -0.2) is 67.6 Å². The lowest BCUT2D eigenvalue weighted by atomic mass is 9.96. The van der Waals surface area contributed by atoms with Crippen LogP contribution in [0.15, 0.2) is 24.3 Å². The van der Waals surface area contributed by atoms with Crippen LogP contribution < -0.4 is 5.32 Å². The highest BCUT2D eigenvalue weighted by molar-refractivity contribution is 6.30. The normalized spacial score (nSPS) is 30.9. The number of rotatable bonds is 3. The topological polar surface area (TPSA) is 44.8 Å². The Morgan fingerprint density at radius 2 is 1.92 bits per heavy atom. The first kappa shape index (κ1) is 18.2. The predicted octanol–water partition coefficient (Wildman–Crippen LogP) is 2.31. The van der Waals surface area contributed by atoms with Gasteiger partial charge in [0.25, 0.3) is 0 Å². The maximum atomic E-state index is 12.6. The summed E-state index contributed by atoms with van der Waals surface area (Å²) in [5.74, 6) is 0.431. The van der Waals surface area contributed by atoms with Gasteiger partial charge in [0, 0.05) is 36.1 Å². The molecular formula is C20H28ClN3O2. The Labute approximate surface area is 160 Å². The number of halogens is 1. The van der Waals surface area contributed by atoms with Gasteiger partial charge in [-0.05, 0) is 57.1 Å². The quantitative estimate of drug-likeness (QED) is 0.878. The minimum absolute atomic E-state index is 0.0897. The van der Waals surface area contributed by atoms with E-state index in [0.29, 0.717) is 6.04 Å². The van der Waals surface area contributed by atoms with Gasteiger partial charge in [-0.25, -0.2) is 0 Å². The molecule has 6 heteroatoms. The Bertz CT molecular complexity index is 630. The summed E-state index contributed by atoms with van der Waals surface area (Å²) < 4.78 is 6.10. The Morgan fingerprint density at radius 3 is 2.65 bits per heavy atom. The standard InChI is InChI=1S/C20H28ClN3O2/c1-23-8-6-15(7-9-23)20(25)22-17-10-18-13-26-19(12-24(18)11-17)14-2-4-16(21)5-3-14/h2-5,15,17-19H,6-13H2,1H3,(H,22,25)/t17-,18+,19-/m1/s1. The van der Waals surface area contributed by atoms with Crippen molar-refractivity contribution in [2.24, 2.45) is 5.92 Å². The fourth-order valence-corrected chi connectivity index (χ4v) is 4.57. The molecule has 1 aromatic rings. The third-order valence-electron chi connectivity index (χ3n) is 6.10. The first-order valence-corrected chi connectivity index (χ1v) is 10.1. The van der Waals surface area contributed by atoms with Crippen LogP contribution in [0.3, 0.4) is 0 Å². The van der Waals surface area contributed by atoms with Crippen LogP contribution >= 0.6 is 11.6 Å². The second-order valence-electron chi connectivity index (χ2n) is 8.00. The van der Waals surface area contributed by atoms with Crippen LogP contribution in [0.1, 0.15) is 30.9 Å². The van der Waals surface area contributed by atoms with Gasteiger partial charge >= 0.3 is 0 Å². The van der Waals surface area contributed by atoms with Crippen LogP contribution in [0.25, 0.3) is 0 Å². The number of amides is 1. The van der Waals surface area contributed by atoms with Crippen molar-refractivity contribution in [3.63, 3.8) is 0 Å². The third kappa shape index (κ3) is 4.06. The van der Waals surface area contributed by atoms with Crippen molar-refractivity contribution >= 4 is 17.5 Å². The number of nitrogens with zero attached hydrogens (tertiary/aromatic N) is 2. The number of hydrogen-bond acceptors (Lipinski definition) is 4. The highest BCUT2D eigenvalue weighted by Crippen LogP contribution is 2.31. The summed E-state index contributed by atoms with van der Waals surface area (Å²) >= 11 is 5.99. The second-order valence-corrected chi connectivity index (χ2v) is 8.44. The maximum absolute atomic E-state index is 12.6. The average molecular weight is 378 g/mol. The zero-order valence-electron chi connectivity index (χ0n) is 15.4. The molecule has 0 saturated carbocycles. The molecular weight excluding hydrogens is 350 g/mol. The SMILES string of the molecule is CN1CCC(C(=O)N[C@@H]2C[C@H]3CO[C@@H](c4ccc(Cl)cc4)CN3C2)CC1. The highest BCUT2D eigenvalue weighted by Gasteiger charge is 2.39. The minimum atomic E-state index is 0.0897. The van der Waals surface area contributed by atoms with Gasteiger partial charge in [-0.1, -0.05) is 23.7 Å². The van der Waals surface area contributed by atoms with Gasteiger partial charge in [0.15, 0.2) is 0 Å². The molecule has 1 aromatic carbocycles. The molecule has 1 N–H and O–H groups in total. The summed E-state index contributed by atoms with van der Waals surface area (Å²) in [7, 11) is 2.13. The van der Waals surface area contributed by atoms with E-state index in [4.69, 9.17) is 16.3 Å². The van der Waals surface area contributed by atoms with E-state index in [1.54, 1.807) is 0 Å². The molecule has 26 heavy (non-hydrogen) atoms. The number of likely N-dealkylation sites (tertiary alicyclic amines) is 1. The Balaban J connectivity index is 1.30. The summed E-state index contributed by atoms with van der Waals surface area (Å²) in [6, 6.07) is 8.59. The number of piperidine rings is 1. The Hall–Kier alpha value is -1.14. The van der Waals surface area contributed by atoms with Gasteiger partial charge in [-0.2, -0.15) is 0 Å². The molecule has 0 radical (unpaired) electrons. The van der Waals surface area contributed by atoms with E-state index in [-0.39, 0.29) is 24.0 Å². The van der Waals surface area contributed by atoms with Crippen molar-refractivity contribution in [3.8, 4) is 0 Å². The average Bonchev–Trinajstić information content (AvgIpc) is 3.04. The molecule has 0 aliphatic carbocycles.